The van der Waals surface area contributed by atoms with Crippen molar-refractivity contribution in [3.63, 3.8) is 0 Å². The van der Waals surface area contributed by atoms with Crippen LogP contribution in [0.4, 0.5) is 0 Å². The molecule has 1 heterocycles. The average molecular weight is 320 g/mol. The number of nitrogens with two attached hydrogens (primary N) is 1. The Balaban J connectivity index is 0.00000144. The molecule has 1 aromatic rings. The van der Waals surface area contributed by atoms with Gasteiger partial charge in [0.1, 0.15) is 0 Å². The molecule has 0 spiro atoms. The van der Waals surface area contributed by atoms with E-state index >= 15 is 0 Å². The van der Waals surface area contributed by atoms with Crippen LogP contribution < -0.4 is 5.73 Å². The molecule has 3 nitrogen and oxygen atoms in total. The minimum Gasteiger partial charge on any atom is -0.341 e. The van der Waals surface area contributed by atoms with Crippen LogP contribution in [0.25, 0.3) is 0 Å². The van der Waals surface area contributed by atoms with Gasteiger partial charge in [-0.1, -0.05) is 28.1 Å². The number of hydrogen-bond acceptors (Lipinski definition) is 2. The lowest BCUT2D eigenvalue weighted by Gasteiger charge is -2.15. The fourth-order valence-electron chi connectivity index (χ4n) is 1.90. The van der Waals surface area contributed by atoms with Gasteiger partial charge < -0.3 is 10.6 Å². The van der Waals surface area contributed by atoms with Crippen molar-refractivity contribution in [3.05, 3.63) is 34.3 Å². The summed E-state index contributed by atoms with van der Waals surface area (Å²) in [6, 6.07) is 8.01. The molecule has 0 bridgehead atoms. The van der Waals surface area contributed by atoms with Crippen LogP contribution in [0, 0.1) is 0 Å². The molecule has 0 radical (unpaired) electrons. The normalized spacial score (nSPS) is 18.9. The summed E-state index contributed by atoms with van der Waals surface area (Å²) in [5.74, 6) is 0.176. The highest BCUT2D eigenvalue weighted by molar-refractivity contribution is 9.10. The number of halogens is 2. The van der Waals surface area contributed by atoms with Crippen LogP contribution in [0.1, 0.15) is 12.0 Å². The van der Waals surface area contributed by atoms with Gasteiger partial charge in [0.05, 0.1) is 6.42 Å². The number of carbonyl (C=O) groups is 1. The Hall–Kier alpha value is -0.580. The molecule has 1 aromatic carbocycles. The summed E-state index contributed by atoms with van der Waals surface area (Å²) in [6.45, 7) is 1.51. The van der Waals surface area contributed by atoms with Gasteiger partial charge in [-0.05, 0) is 24.1 Å². The largest absolute Gasteiger partial charge is 0.341 e. The second kappa shape index (κ2) is 6.38. The smallest absolute Gasteiger partial charge is 0.227 e. The van der Waals surface area contributed by atoms with Crippen LogP contribution in [0.3, 0.4) is 0 Å². The fraction of sp³-hybridized carbons (Fsp3) is 0.417. The lowest BCUT2D eigenvalue weighted by molar-refractivity contribution is -0.129. The standard InChI is InChI=1S/C12H15BrN2O.ClH/c13-10-3-1-9(2-4-10)7-12(16)15-6-5-11(14)8-15;/h1-4,11H,5-8,14H2;1H. The van der Waals surface area contributed by atoms with E-state index in [1.54, 1.807) is 0 Å². The molecular weight excluding hydrogens is 304 g/mol. The van der Waals surface area contributed by atoms with Crippen molar-refractivity contribution in [3.8, 4) is 0 Å². The monoisotopic (exact) mass is 318 g/mol. The van der Waals surface area contributed by atoms with E-state index < -0.39 is 0 Å². The fourth-order valence-corrected chi connectivity index (χ4v) is 2.17. The van der Waals surface area contributed by atoms with E-state index in [1.807, 2.05) is 29.2 Å². The van der Waals surface area contributed by atoms with Gasteiger partial charge in [-0.15, -0.1) is 12.4 Å². The summed E-state index contributed by atoms with van der Waals surface area (Å²) in [6.07, 6.45) is 1.39. The van der Waals surface area contributed by atoms with Crippen LogP contribution in [0.15, 0.2) is 28.7 Å². The third-order valence-corrected chi connectivity index (χ3v) is 3.37. The van der Waals surface area contributed by atoms with E-state index in [4.69, 9.17) is 5.73 Å². The third-order valence-electron chi connectivity index (χ3n) is 2.85. The number of benzene rings is 1. The Labute approximate surface area is 116 Å². The molecule has 2 N–H and O–H groups in total. The molecule has 17 heavy (non-hydrogen) atoms. The molecule has 0 saturated carbocycles. The van der Waals surface area contributed by atoms with Gasteiger partial charge in [0.15, 0.2) is 0 Å². The molecule has 5 heteroatoms. The second-order valence-corrected chi connectivity index (χ2v) is 5.11. The van der Waals surface area contributed by atoms with Crippen LogP contribution in [-0.2, 0) is 11.2 Å². The van der Waals surface area contributed by atoms with Crippen LogP contribution in [-0.4, -0.2) is 29.9 Å². The van der Waals surface area contributed by atoms with Crippen molar-refractivity contribution in [2.45, 2.75) is 18.9 Å². The number of hydrogen-bond donors (Lipinski definition) is 1. The van der Waals surface area contributed by atoms with E-state index in [1.165, 1.54) is 0 Å². The summed E-state index contributed by atoms with van der Waals surface area (Å²) in [4.78, 5) is 13.8. The third kappa shape index (κ3) is 3.98. The molecule has 0 aliphatic carbocycles. The average Bonchev–Trinajstić information content (AvgIpc) is 2.68. The maximum atomic E-state index is 11.9. The first-order valence-corrected chi connectivity index (χ1v) is 6.22. The topological polar surface area (TPSA) is 46.3 Å². The zero-order chi connectivity index (χ0) is 11.5. The van der Waals surface area contributed by atoms with Gasteiger partial charge in [0.2, 0.25) is 5.91 Å². The molecule has 94 valence electrons. The number of likely N-dealkylation sites (tertiary alicyclic amines) is 1. The SMILES string of the molecule is Cl.NC1CCN(C(=O)Cc2ccc(Br)cc2)C1. The molecule has 1 unspecified atom stereocenters. The Bertz CT molecular complexity index is 383. The first kappa shape index (κ1) is 14.5. The van der Waals surface area contributed by atoms with E-state index in [0.29, 0.717) is 13.0 Å². The lowest BCUT2D eigenvalue weighted by atomic mass is 10.1. The predicted molar refractivity (Wildman–Crippen MR) is 74.3 cm³/mol. The number of nitrogens with zero attached hydrogens (tertiary/aromatic N) is 1. The van der Waals surface area contributed by atoms with Gasteiger partial charge in [0.25, 0.3) is 0 Å². The number of rotatable bonds is 2. The molecule has 1 aliphatic heterocycles. The van der Waals surface area contributed by atoms with Crippen LogP contribution in [0.5, 0.6) is 0 Å². The van der Waals surface area contributed by atoms with Crippen LogP contribution in [0.2, 0.25) is 0 Å². The van der Waals surface area contributed by atoms with Crippen molar-refractivity contribution in [2.24, 2.45) is 5.73 Å². The van der Waals surface area contributed by atoms with E-state index in [2.05, 4.69) is 15.9 Å². The van der Waals surface area contributed by atoms with Gasteiger partial charge >= 0.3 is 0 Å². The molecule has 0 aromatic heterocycles. The first-order valence-electron chi connectivity index (χ1n) is 5.43. The quantitative estimate of drug-likeness (QED) is 0.906. The second-order valence-electron chi connectivity index (χ2n) is 4.19. The lowest BCUT2D eigenvalue weighted by Crippen LogP contribution is -2.32. The highest BCUT2D eigenvalue weighted by atomic mass is 79.9. The summed E-state index contributed by atoms with van der Waals surface area (Å²) in [5.41, 5.74) is 6.83. The molecule has 2 rings (SSSR count). The molecule has 1 atom stereocenters. The van der Waals surface area contributed by atoms with E-state index in [0.717, 1.165) is 23.0 Å². The van der Waals surface area contributed by atoms with E-state index in [-0.39, 0.29) is 24.4 Å². The zero-order valence-electron chi connectivity index (χ0n) is 9.43. The molecular formula is C12H16BrClN2O. The summed E-state index contributed by atoms with van der Waals surface area (Å²) >= 11 is 3.37. The zero-order valence-corrected chi connectivity index (χ0v) is 11.8. The van der Waals surface area contributed by atoms with Crippen molar-refractivity contribution in [2.75, 3.05) is 13.1 Å². The maximum Gasteiger partial charge on any atom is 0.227 e. The number of carbonyl (C=O) groups excluding carboxylic acids is 1. The maximum absolute atomic E-state index is 11.9. The Morgan fingerprint density at radius 1 is 1.41 bits per heavy atom. The van der Waals surface area contributed by atoms with Gasteiger partial charge in [-0.3, -0.25) is 4.79 Å². The predicted octanol–water partition coefficient (Wildman–Crippen LogP) is 1.97. The molecule has 1 fully saturated rings. The van der Waals surface area contributed by atoms with Crippen LogP contribution >= 0.6 is 28.3 Å². The Morgan fingerprint density at radius 2 is 2.06 bits per heavy atom. The van der Waals surface area contributed by atoms with Crippen molar-refractivity contribution >= 4 is 34.2 Å². The van der Waals surface area contributed by atoms with Gasteiger partial charge in [-0.2, -0.15) is 0 Å². The summed E-state index contributed by atoms with van der Waals surface area (Å²) < 4.78 is 1.03. The van der Waals surface area contributed by atoms with Gasteiger partial charge in [-0.25, -0.2) is 0 Å². The molecule has 1 aliphatic rings. The number of amides is 1. The molecule has 1 amide bonds. The molecule has 1 saturated heterocycles. The van der Waals surface area contributed by atoms with Crippen molar-refractivity contribution < 1.29 is 4.79 Å². The van der Waals surface area contributed by atoms with E-state index in [9.17, 15) is 4.79 Å². The van der Waals surface area contributed by atoms with Crippen molar-refractivity contribution in [1.29, 1.82) is 0 Å². The Morgan fingerprint density at radius 3 is 2.59 bits per heavy atom. The minimum atomic E-state index is 0. The highest BCUT2D eigenvalue weighted by Crippen LogP contribution is 2.13. The summed E-state index contributed by atoms with van der Waals surface area (Å²) in [5, 5.41) is 0. The minimum absolute atomic E-state index is 0. The van der Waals surface area contributed by atoms with Crippen molar-refractivity contribution in [1.82, 2.24) is 4.90 Å². The van der Waals surface area contributed by atoms with Gasteiger partial charge in [0, 0.05) is 23.6 Å². The first-order chi connectivity index (χ1) is 7.65. The Kier molecular flexibility index (Phi) is 5.43. The highest BCUT2D eigenvalue weighted by Gasteiger charge is 2.23. The summed E-state index contributed by atoms with van der Waals surface area (Å²) in [7, 11) is 0.